The predicted molar refractivity (Wildman–Crippen MR) is 53.8 cm³/mol. The summed E-state index contributed by atoms with van der Waals surface area (Å²) in [5, 5.41) is 7.01. The van der Waals surface area contributed by atoms with Crippen LogP contribution in [0.15, 0.2) is 24.4 Å². The van der Waals surface area contributed by atoms with Crippen molar-refractivity contribution in [3.8, 4) is 0 Å². The molecule has 0 spiro atoms. The highest BCUT2D eigenvalue weighted by Crippen LogP contribution is 2.23. The fraction of sp³-hybridized carbons (Fsp3) is 0. The highest BCUT2D eigenvalue weighted by molar-refractivity contribution is 6.33. The normalized spacial score (nSPS) is 14.2. The van der Waals surface area contributed by atoms with E-state index in [2.05, 4.69) is 20.2 Å². The zero-order chi connectivity index (χ0) is 9.54. The molecule has 2 aromatic heterocycles. The molecule has 0 aliphatic heterocycles. The number of hydrogen-bond donors (Lipinski definition) is 1. The van der Waals surface area contributed by atoms with Crippen molar-refractivity contribution in [3.63, 3.8) is 0 Å². The minimum Gasteiger partial charge on any atom is -0.273 e. The van der Waals surface area contributed by atoms with Crippen LogP contribution in [0.2, 0.25) is 5.15 Å². The van der Waals surface area contributed by atoms with Crippen LogP contribution in [0.1, 0.15) is 5.82 Å². The van der Waals surface area contributed by atoms with E-state index in [0.29, 0.717) is 16.5 Å². The lowest BCUT2D eigenvalue weighted by Gasteiger charge is -2.05. The molecule has 3 rings (SSSR count). The van der Waals surface area contributed by atoms with Crippen LogP contribution in [-0.4, -0.2) is 20.2 Å². The molecule has 1 N–H and O–H groups in total. The summed E-state index contributed by atoms with van der Waals surface area (Å²) in [4.78, 5) is 8.47. The van der Waals surface area contributed by atoms with E-state index < -0.39 is 0 Å². The fourth-order valence-electron chi connectivity index (χ4n) is 1.27. The fourth-order valence-corrected chi connectivity index (χ4v) is 1.49. The molecular formula is C9H5ClN4. The van der Waals surface area contributed by atoms with Crippen molar-refractivity contribution in [1.82, 2.24) is 20.2 Å². The Bertz CT molecular complexity index is 567. The summed E-state index contributed by atoms with van der Waals surface area (Å²) in [7, 11) is 0. The van der Waals surface area contributed by atoms with Gasteiger partial charge in [0.1, 0.15) is 11.0 Å². The molecule has 0 bridgehead atoms. The zero-order valence-electron chi connectivity index (χ0n) is 7.03. The van der Waals surface area contributed by atoms with Gasteiger partial charge in [-0.3, -0.25) is 5.10 Å². The van der Waals surface area contributed by atoms with Crippen LogP contribution >= 0.6 is 11.6 Å². The van der Waals surface area contributed by atoms with E-state index in [9.17, 15) is 0 Å². The molecule has 0 aromatic carbocycles. The number of nitrogens with zero attached hydrogens (tertiary/aromatic N) is 3. The zero-order valence-corrected chi connectivity index (χ0v) is 7.78. The van der Waals surface area contributed by atoms with Gasteiger partial charge in [-0.25, -0.2) is 9.97 Å². The molecule has 14 heavy (non-hydrogen) atoms. The molecule has 68 valence electrons. The van der Waals surface area contributed by atoms with Gasteiger partial charge in [0.2, 0.25) is 0 Å². The van der Waals surface area contributed by atoms with Crippen LogP contribution in [0.3, 0.4) is 0 Å². The standard InChI is InChI=1S/C9H5ClN4/c10-8-7-6(4-11-14-7)12-9(13-8)5-2-1-3-5/h1-4H,(H,11,14). The van der Waals surface area contributed by atoms with Crippen molar-refractivity contribution < 1.29 is 0 Å². The van der Waals surface area contributed by atoms with Gasteiger partial charge in [-0.15, -0.1) is 0 Å². The SMILES string of the molecule is Clc1nc(C2=CC=C2)nc2cn[nH]c12. The van der Waals surface area contributed by atoms with Crippen molar-refractivity contribution in [2.24, 2.45) is 0 Å². The van der Waals surface area contributed by atoms with E-state index in [1.165, 1.54) is 0 Å². The summed E-state index contributed by atoms with van der Waals surface area (Å²) >= 11 is 5.96. The smallest absolute Gasteiger partial charge is 0.161 e. The van der Waals surface area contributed by atoms with Gasteiger partial charge >= 0.3 is 0 Å². The molecule has 0 atom stereocenters. The molecule has 1 aliphatic rings. The third-order valence-electron chi connectivity index (χ3n) is 2.07. The molecule has 5 heteroatoms. The van der Waals surface area contributed by atoms with E-state index in [4.69, 9.17) is 11.6 Å². The number of hydrogen-bond acceptors (Lipinski definition) is 3. The number of aromatic amines is 1. The summed E-state index contributed by atoms with van der Waals surface area (Å²) in [5.74, 6) is 0.645. The molecule has 0 amide bonds. The van der Waals surface area contributed by atoms with Crippen molar-refractivity contribution in [2.45, 2.75) is 0 Å². The van der Waals surface area contributed by atoms with Gasteiger partial charge in [-0.2, -0.15) is 5.10 Å². The van der Waals surface area contributed by atoms with Gasteiger partial charge < -0.3 is 0 Å². The number of aromatic nitrogens is 4. The highest BCUT2D eigenvalue weighted by Gasteiger charge is 2.11. The Balaban J connectivity index is 2.26. The monoisotopic (exact) mass is 204 g/mol. The average Bonchev–Trinajstić information content (AvgIpc) is 2.48. The second kappa shape index (κ2) is 2.65. The first-order chi connectivity index (χ1) is 6.84. The molecule has 0 unspecified atom stereocenters. The van der Waals surface area contributed by atoms with Crippen LogP contribution in [0.4, 0.5) is 0 Å². The maximum Gasteiger partial charge on any atom is 0.161 e. The first kappa shape index (κ1) is 7.70. The molecule has 2 heterocycles. The number of allylic oxidation sites excluding steroid dienone is 4. The number of nitrogens with one attached hydrogen (secondary N) is 1. The Morgan fingerprint density at radius 1 is 1.29 bits per heavy atom. The van der Waals surface area contributed by atoms with Gasteiger partial charge in [0.15, 0.2) is 11.0 Å². The number of H-pyrrole nitrogens is 1. The van der Waals surface area contributed by atoms with Crippen molar-refractivity contribution in [3.05, 3.63) is 35.4 Å². The third-order valence-corrected chi connectivity index (χ3v) is 2.34. The lowest BCUT2D eigenvalue weighted by atomic mass is 10.1. The second-order valence-corrected chi connectivity index (χ2v) is 3.31. The van der Waals surface area contributed by atoms with Gasteiger partial charge in [-0.1, -0.05) is 29.8 Å². The van der Waals surface area contributed by atoms with E-state index in [-0.39, 0.29) is 0 Å². The van der Waals surface area contributed by atoms with Gasteiger partial charge in [0, 0.05) is 5.57 Å². The molecule has 0 saturated heterocycles. The summed E-state index contributed by atoms with van der Waals surface area (Å²) in [5.41, 5.74) is 2.41. The molecule has 0 fully saturated rings. The Kier molecular flexibility index (Phi) is 1.46. The van der Waals surface area contributed by atoms with Crippen molar-refractivity contribution >= 4 is 28.2 Å². The molecule has 1 aliphatic carbocycles. The number of rotatable bonds is 1. The Morgan fingerprint density at radius 3 is 2.86 bits per heavy atom. The van der Waals surface area contributed by atoms with Crippen LogP contribution in [0, 0.1) is 0 Å². The quantitative estimate of drug-likeness (QED) is 0.723. The van der Waals surface area contributed by atoms with E-state index in [1.54, 1.807) is 6.20 Å². The summed E-state index contributed by atoms with van der Waals surface area (Å²) in [6, 6.07) is 0. The van der Waals surface area contributed by atoms with Gasteiger partial charge in [0.25, 0.3) is 0 Å². The molecule has 4 nitrogen and oxygen atoms in total. The highest BCUT2D eigenvalue weighted by atomic mass is 35.5. The lowest BCUT2D eigenvalue weighted by Crippen LogP contribution is -1.96. The van der Waals surface area contributed by atoms with Crippen molar-refractivity contribution in [1.29, 1.82) is 0 Å². The first-order valence-electron chi connectivity index (χ1n) is 4.10. The molecular weight excluding hydrogens is 200 g/mol. The Labute approximate surface area is 84.3 Å². The maximum absolute atomic E-state index is 5.96. The van der Waals surface area contributed by atoms with Crippen LogP contribution < -0.4 is 0 Å². The molecule has 0 saturated carbocycles. The second-order valence-electron chi connectivity index (χ2n) is 2.95. The van der Waals surface area contributed by atoms with E-state index >= 15 is 0 Å². The molecule has 0 radical (unpaired) electrons. The third kappa shape index (κ3) is 0.975. The minimum absolute atomic E-state index is 0.406. The Morgan fingerprint density at radius 2 is 2.14 bits per heavy atom. The van der Waals surface area contributed by atoms with E-state index in [1.807, 2.05) is 18.2 Å². The average molecular weight is 205 g/mol. The topological polar surface area (TPSA) is 54.5 Å². The van der Waals surface area contributed by atoms with E-state index in [0.717, 1.165) is 11.1 Å². The Hall–Kier alpha value is -1.68. The summed E-state index contributed by atoms with van der Waals surface area (Å²) in [6.45, 7) is 0. The molecule has 2 aromatic rings. The van der Waals surface area contributed by atoms with Gasteiger partial charge in [0.05, 0.1) is 6.20 Å². The minimum atomic E-state index is 0.406. The summed E-state index contributed by atoms with van der Waals surface area (Å²) in [6.07, 6.45) is 7.46. The van der Waals surface area contributed by atoms with Crippen LogP contribution in [-0.2, 0) is 0 Å². The largest absolute Gasteiger partial charge is 0.273 e. The predicted octanol–water partition coefficient (Wildman–Crippen LogP) is 1.96. The van der Waals surface area contributed by atoms with Crippen LogP contribution in [0.25, 0.3) is 16.6 Å². The summed E-state index contributed by atoms with van der Waals surface area (Å²) < 4.78 is 0. The van der Waals surface area contributed by atoms with Crippen LogP contribution in [0.5, 0.6) is 0 Å². The first-order valence-corrected chi connectivity index (χ1v) is 4.48. The van der Waals surface area contributed by atoms with Gasteiger partial charge in [-0.05, 0) is 0 Å². The maximum atomic E-state index is 5.96. The number of fused-ring (bicyclic) bond motifs is 1. The van der Waals surface area contributed by atoms with Crippen molar-refractivity contribution in [2.75, 3.05) is 0 Å². The lowest BCUT2D eigenvalue weighted by molar-refractivity contribution is 1.11. The number of halogens is 1.